The second-order valence-electron chi connectivity index (χ2n) is 5.48. The van der Waals surface area contributed by atoms with Crippen LogP contribution in [0.5, 0.6) is 0 Å². The zero-order valence-electron chi connectivity index (χ0n) is 11.6. The maximum absolute atomic E-state index is 12.3. The van der Waals surface area contributed by atoms with Crippen molar-refractivity contribution in [2.24, 2.45) is 5.92 Å². The average Bonchev–Trinajstić information content (AvgIpc) is 2.88. The first-order valence-corrected chi connectivity index (χ1v) is 7.94. The number of halogens is 3. The van der Waals surface area contributed by atoms with Crippen LogP contribution in [0.15, 0.2) is 16.8 Å². The Morgan fingerprint density at radius 1 is 1.40 bits per heavy atom. The van der Waals surface area contributed by atoms with Gasteiger partial charge in [0, 0.05) is 19.1 Å². The van der Waals surface area contributed by atoms with Gasteiger partial charge in [-0.3, -0.25) is 0 Å². The molecule has 0 radical (unpaired) electrons. The number of likely N-dealkylation sites (tertiary alicyclic amines) is 1. The van der Waals surface area contributed by atoms with E-state index >= 15 is 0 Å². The first-order valence-electron chi connectivity index (χ1n) is 7.00. The molecule has 1 aromatic heterocycles. The average molecular weight is 306 g/mol. The number of rotatable bonds is 5. The second-order valence-corrected chi connectivity index (χ2v) is 6.26. The zero-order chi connectivity index (χ0) is 14.6. The van der Waals surface area contributed by atoms with Crippen molar-refractivity contribution >= 4 is 11.3 Å². The normalized spacial score (nSPS) is 25.0. The van der Waals surface area contributed by atoms with Gasteiger partial charge in [-0.15, -0.1) is 0 Å². The van der Waals surface area contributed by atoms with E-state index in [1.165, 1.54) is 5.56 Å². The Bertz CT molecular complexity index is 392. The number of nitrogens with zero attached hydrogens (tertiary/aromatic N) is 1. The van der Waals surface area contributed by atoms with Crippen LogP contribution in [0.25, 0.3) is 0 Å². The first kappa shape index (κ1) is 15.8. The predicted octanol–water partition coefficient (Wildman–Crippen LogP) is 3.15. The molecule has 2 atom stereocenters. The lowest BCUT2D eigenvalue weighted by Gasteiger charge is -2.38. The molecule has 1 fully saturated rings. The van der Waals surface area contributed by atoms with Gasteiger partial charge in [-0.25, -0.2) is 0 Å². The number of likely N-dealkylation sites (N-methyl/N-ethyl adjacent to an activating group) is 1. The van der Waals surface area contributed by atoms with Crippen LogP contribution in [0, 0.1) is 5.92 Å². The minimum absolute atomic E-state index is 0.0611. The van der Waals surface area contributed by atoms with Crippen molar-refractivity contribution in [1.29, 1.82) is 0 Å². The second kappa shape index (κ2) is 6.91. The van der Waals surface area contributed by atoms with Crippen LogP contribution in [0.2, 0.25) is 0 Å². The fraction of sp³-hybridized carbons (Fsp3) is 0.714. The van der Waals surface area contributed by atoms with Gasteiger partial charge in [0.2, 0.25) is 0 Å². The molecule has 0 aromatic carbocycles. The van der Waals surface area contributed by atoms with Gasteiger partial charge in [0.25, 0.3) is 0 Å². The van der Waals surface area contributed by atoms with E-state index in [1.807, 2.05) is 0 Å². The summed E-state index contributed by atoms with van der Waals surface area (Å²) in [5, 5.41) is 6.85. The summed E-state index contributed by atoms with van der Waals surface area (Å²) in [5.41, 5.74) is 1.30. The van der Waals surface area contributed by atoms with Crippen LogP contribution >= 0.6 is 11.3 Å². The van der Waals surface area contributed by atoms with Crippen molar-refractivity contribution in [2.75, 3.05) is 26.2 Å². The number of nitrogens with one attached hydrogen (secondary N) is 1. The van der Waals surface area contributed by atoms with E-state index in [9.17, 15) is 13.2 Å². The highest BCUT2D eigenvalue weighted by molar-refractivity contribution is 7.07. The summed E-state index contributed by atoms with van der Waals surface area (Å²) in [6.07, 6.45) is -2.34. The minimum atomic E-state index is -4.13. The summed E-state index contributed by atoms with van der Waals surface area (Å²) in [6.45, 7) is 3.77. The quantitative estimate of drug-likeness (QED) is 0.899. The lowest BCUT2D eigenvalue weighted by Crippen LogP contribution is -2.51. The van der Waals surface area contributed by atoms with E-state index in [1.54, 1.807) is 11.3 Å². The molecular formula is C14H21F3N2S. The Labute approximate surface area is 122 Å². The Balaban J connectivity index is 1.89. The van der Waals surface area contributed by atoms with Gasteiger partial charge in [-0.1, -0.05) is 6.92 Å². The lowest BCUT2D eigenvalue weighted by molar-refractivity contribution is -0.127. The highest BCUT2D eigenvalue weighted by atomic mass is 32.1. The van der Waals surface area contributed by atoms with Gasteiger partial charge in [0.15, 0.2) is 0 Å². The molecule has 1 aliphatic rings. The third kappa shape index (κ3) is 5.07. The van der Waals surface area contributed by atoms with Gasteiger partial charge in [-0.05, 0) is 47.7 Å². The van der Waals surface area contributed by atoms with Crippen LogP contribution in [0.3, 0.4) is 0 Å². The fourth-order valence-electron chi connectivity index (χ4n) is 2.86. The number of thiophene rings is 1. The van der Waals surface area contributed by atoms with Gasteiger partial charge in [0.1, 0.15) is 0 Å². The minimum Gasteiger partial charge on any atom is -0.305 e. The molecule has 0 amide bonds. The van der Waals surface area contributed by atoms with E-state index in [-0.39, 0.29) is 6.04 Å². The van der Waals surface area contributed by atoms with Crippen LogP contribution in [-0.4, -0.2) is 43.3 Å². The van der Waals surface area contributed by atoms with Gasteiger partial charge < -0.3 is 10.2 Å². The standard InChI is InChI=1S/C14H21F3N2S/c1-2-19-7-12(5-11-3-4-20-9-11)6-13(8-19)18-10-14(15,16)17/h3-4,9,12-13,18H,2,5-8,10H2,1H3. The molecule has 2 heterocycles. The molecule has 2 unspecified atom stereocenters. The first-order chi connectivity index (χ1) is 9.46. The molecule has 20 heavy (non-hydrogen) atoms. The molecule has 1 saturated heterocycles. The van der Waals surface area contributed by atoms with Crippen LogP contribution in [0.1, 0.15) is 18.9 Å². The van der Waals surface area contributed by atoms with Gasteiger partial charge in [0.05, 0.1) is 6.54 Å². The van der Waals surface area contributed by atoms with E-state index in [2.05, 4.69) is 34.0 Å². The van der Waals surface area contributed by atoms with E-state index in [4.69, 9.17) is 0 Å². The summed E-state index contributed by atoms with van der Waals surface area (Å²) in [4.78, 5) is 2.24. The van der Waals surface area contributed by atoms with E-state index < -0.39 is 12.7 Å². The molecule has 6 heteroatoms. The molecule has 1 aliphatic heterocycles. The smallest absolute Gasteiger partial charge is 0.305 e. The molecule has 0 aliphatic carbocycles. The Kier molecular flexibility index (Phi) is 5.46. The maximum Gasteiger partial charge on any atom is 0.401 e. The van der Waals surface area contributed by atoms with Crippen molar-refractivity contribution < 1.29 is 13.2 Å². The predicted molar refractivity (Wildman–Crippen MR) is 76.1 cm³/mol. The van der Waals surface area contributed by atoms with Gasteiger partial charge >= 0.3 is 6.18 Å². The molecule has 114 valence electrons. The van der Waals surface area contributed by atoms with Crippen molar-refractivity contribution in [2.45, 2.75) is 32.0 Å². The Hall–Kier alpha value is -0.590. The number of hydrogen-bond donors (Lipinski definition) is 1. The highest BCUT2D eigenvalue weighted by Crippen LogP contribution is 2.23. The molecule has 0 bridgehead atoms. The number of alkyl halides is 3. The lowest BCUT2D eigenvalue weighted by atomic mass is 9.89. The van der Waals surface area contributed by atoms with Crippen molar-refractivity contribution in [3.05, 3.63) is 22.4 Å². The third-order valence-electron chi connectivity index (χ3n) is 3.76. The summed E-state index contributed by atoms with van der Waals surface area (Å²) in [7, 11) is 0. The molecule has 0 saturated carbocycles. The number of hydrogen-bond acceptors (Lipinski definition) is 3. The highest BCUT2D eigenvalue weighted by Gasteiger charge is 2.31. The van der Waals surface area contributed by atoms with E-state index in [0.717, 1.165) is 25.9 Å². The van der Waals surface area contributed by atoms with Gasteiger partial charge in [-0.2, -0.15) is 24.5 Å². The van der Waals surface area contributed by atoms with E-state index in [0.29, 0.717) is 12.5 Å². The maximum atomic E-state index is 12.3. The van der Waals surface area contributed by atoms with Crippen LogP contribution in [0.4, 0.5) is 13.2 Å². The largest absolute Gasteiger partial charge is 0.401 e. The SMILES string of the molecule is CCN1CC(Cc2ccsc2)CC(NCC(F)(F)F)C1. The van der Waals surface area contributed by atoms with Crippen LogP contribution < -0.4 is 5.32 Å². The Morgan fingerprint density at radius 3 is 2.80 bits per heavy atom. The molecule has 2 nitrogen and oxygen atoms in total. The monoisotopic (exact) mass is 306 g/mol. The molecule has 1 aromatic rings. The third-order valence-corrected chi connectivity index (χ3v) is 4.49. The van der Waals surface area contributed by atoms with Crippen molar-refractivity contribution in [3.8, 4) is 0 Å². The van der Waals surface area contributed by atoms with Crippen molar-refractivity contribution in [1.82, 2.24) is 10.2 Å². The molecular weight excluding hydrogens is 285 g/mol. The van der Waals surface area contributed by atoms with Crippen LogP contribution in [-0.2, 0) is 6.42 Å². The topological polar surface area (TPSA) is 15.3 Å². The summed E-state index contributed by atoms with van der Waals surface area (Å²) >= 11 is 1.67. The molecule has 0 spiro atoms. The molecule has 2 rings (SSSR count). The summed E-state index contributed by atoms with van der Waals surface area (Å²) < 4.78 is 37.0. The van der Waals surface area contributed by atoms with Crippen molar-refractivity contribution in [3.63, 3.8) is 0 Å². The Morgan fingerprint density at radius 2 is 2.20 bits per heavy atom. The summed E-state index contributed by atoms with van der Waals surface area (Å²) in [6, 6.07) is 2.04. The summed E-state index contributed by atoms with van der Waals surface area (Å²) in [5.74, 6) is 0.434. The molecule has 1 N–H and O–H groups in total. The zero-order valence-corrected chi connectivity index (χ0v) is 12.4. The number of piperidine rings is 1. The fourth-order valence-corrected chi connectivity index (χ4v) is 3.54.